The van der Waals surface area contributed by atoms with Crippen LogP contribution in [0.4, 0.5) is 0 Å². The molecule has 1 aromatic heterocycles. The van der Waals surface area contributed by atoms with Crippen LogP contribution in [0.1, 0.15) is 24.1 Å². The molecule has 0 saturated heterocycles. The molecule has 0 aliphatic rings. The number of fused-ring (bicyclic) bond motifs is 1. The first-order valence-corrected chi connectivity index (χ1v) is 7.19. The van der Waals surface area contributed by atoms with Crippen LogP contribution < -0.4 is 10.1 Å². The van der Waals surface area contributed by atoms with E-state index < -0.39 is 0 Å². The molecule has 1 unspecified atom stereocenters. The molecule has 1 N–H and O–H groups in total. The lowest BCUT2D eigenvalue weighted by molar-refractivity contribution is 0.340. The molecule has 0 saturated carbocycles. The average Bonchev–Trinajstić information content (AvgIpc) is 2.94. The van der Waals surface area contributed by atoms with Crippen molar-refractivity contribution in [2.75, 3.05) is 13.7 Å². The SMILES string of the molecule is CCOc1ccc(C(NC)c2coc3ccccc23)cc1. The van der Waals surface area contributed by atoms with E-state index >= 15 is 0 Å². The van der Waals surface area contributed by atoms with Gasteiger partial charge in [-0.3, -0.25) is 0 Å². The van der Waals surface area contributed by atoms with Crippen molar-refractivity contribution in [3.63, 3.8) is 0 Å². The highest BCUT2D eigenvalue weighted by atomic mass is 16.5. The van der Waals surface area contributed by atoms with Crippen molar-refractivity contribution >= 4 is 11.0 Å². The van der Waals surface area contributed by atoms with E-state index in [0.29, 0.717) is 6.61 Å². The summed E-state index contributed by atoms with van der Waals surface area (Å²) in [5, 5.41) is 4.51. The summed E-state index contributed by atoms with van der Waals surface area (Å²) in [7, 11) is 1.96. The van der Waals surface area contributed by atoms with Gasteiger partial charge in [-0.25, -0.2) is 0 Å². The fraction of sp³-hybridized carbons (Fsp3) is 0.222. The van der Waals surface area contributed by atoms with Crippen molar-refractivity contribution in [3.05, 3.63) is 65.9 Å². The van der Waals surface area contributed by atoms with Crippen molar-refractivity contribution in [2.24, 2.45) is 0 Å². The first-order valence-electron chi connectivity index (χ1n) is 7.19. The Morgan fingerprint density at radius 3 is 2.57 bits per heavy atom. The van der Waals surface area contributed by atoms with Crippen molar-refractivity contribution in [2.45, 2.75) is 13.0 Å². The highest BCUT2D eigenvalue weighted by Crippen LogP contribution is 2.31. The molecular weight excluding hydrogens is 262 g/mol. The zero-order chi connectivity index (χ0) is 14.7. The lowest BCUT2D eigenvalue weighted by Crippen LogP contribution is -2.17. The Hall–Kier alpha value is -2.26. The number of benzene rings is 2. The first-order chi connectivity index (χ1) is 10.3. The number of furan rings is 1. The third kappa shape index (κ3) is 2.65. The molecule has 0 aliphatic carbocycles. The summed E-state index contributed by atoms with van der Waals surface area (Å²) in [6.07, 6.45) is 1.84. The van der Waals surface area contributed by atoms with Gasteiger partial charge in [0.1, 0.15) is 11.3 Å². The summed E-state index contributed by atoms with van der Waals surface area (Å²) < 4.78 is 11.1. The van der Waals surface area contributed by atoms with Crippen LogP contribution in [-0.2, 0) is 0 Å². The van der Waals surface area contributed by atoms with Crippen molar-refractivity contribution in [3.8, 4) is 5.75 Å². The Bertz CT molecular complexity index is 715. The van der Waals surface area contributed by atoms with E-state index in [1.165, 1.54) is 5.56 Å². The van der Waals surface area contributed by atoms with Gasteiger partial charge in [-0.2, -0.15) is 0 Å². The van der Waals surface area contributed by atoms with Crippen molar-refractivity contribution in [1.29, 1.82) is 0 Å². The van der Waals surface area contributed by atoms with E-state index in [4.69, 9.17) is 9.15 Å². The summed E-state index contributed by atoms with van der Waals surface area (Å²) >= 11 is 0. The van der Waals surface area contributed by atoms with Gasteiger partial charge in [0.15, 0.2) is 0 Å². The zero-order valence-electron chi connectivity index (χ0n) is 12.3. The molecular formula is C18H19NO2. The number of hydrogen-bond donors (Lipinski definition) is 1. The van der Waals surface area contributed by atoms with Gasteiger partial charge in [-0.05, 0) is 37.7 Å². The molecule has 3 rings (SSSR count). The molecule has 3 nitrogen and oxygen atoms in total. The molecule has 0 fully saturated rings. The Morgan fingerprint density at radius 1 is 1.10 bits per heavy atom. The lowest BCUT2D eigenvalue weighted by atomic mass is 9.98. The predicted molar refractivity (Wildman–Crippen MR) is 84.7 cm³/mol. The van der Waals surface area contributed by atoms with E-state index in [1.54, 1.807) is 0 Å². The van der Waals surface area contributed by atoms with Gasteiger partial charge >= 0.3 is 0 Å². The smallest absolute Gasteiger partial charge is 0.134 e. The fourth-order valence-corrected chi connectivity index (χ4v) is 2.65. The molecule has 3 aromatic rings. The molecule has 0 aliphatic heterocycles. The molecule has 0 amide bonds. The Balaban J connectivity index is 1.97. The van der Waals surface area contributed by atoms with Gasteiger partial charge in [0.2, 0.25) is 0 Å². The fourth-order valence-electron chi connectivity index (χ4n) is 2.65. The maximum atomic E-state index is 5.65. The largest absolute Gasteiger partial charge is 0.494 e. The second-order valence-corrected chi connectivity index (χ2v) is 4.91. The van der Waals surface area contributed by atoms with E-state index in [0.717, 1.165) is 22.3 Å². The van der Waals surface area contributed by atoms with Crippen molar-refractivity contribution in [1.82, 2.24) is 5.32 Å². The highest BCUT2D eigenvalue weighted by Gasteiger charge is 2.17. The van der Waals surface area contributed by atoms with Crippen LogP contribution in [0.25, 0.3) is 11.0 Å². The van der Waals surface area contributed by atoms with E-state index in [-0.39, 0.29) is 6.04 Å². The maximum absolute atomic E-state index is 5.65. The summed E-state index contributed by atoms with van der Waals surface area (Å²) in [4.78, 5) is 0. The maximum Gasteiger partial charge on any atom is 0.134 e. The van der Waals surface area contributed by atoms with Gasteiger partial charge in [0, 0.05) is 10.9 Å². The van der Waals surface area contributed by atoms with Crippen LogP contribution in [0.15, 0.2) is 59.2 Å². The summed E-state index contributed by atoms with van der Waals surface area (Å²) in [5.74, 6) is 0.896. The standard InChI is InChI=1S/C18H19NO2/c1-3-20-14-10-8-13(9-11-14)18(19-2)16-12-21-17-7-5-4-6-15(16)17/h4-12,18-19H,3H2,1-2H3. The Morgan fingerprint density at radius 2 is 1.86 bits per heavy atom. The van der Waals surface area contributed by atoms with Crippen LogP contribution in [0.3, 0.4) is 0 Å². The molecule has 1 atom stereocenters. The summed E-state index contributed by atoms with van der Waals surface area (Å²) in [6, 6.07) is 16.4. The van der Waals surface area contributed by atoms with Gasteiger partial charge in [-0.1, -0.05) is 30.3 Å². The first kappa shape index (κ1) is 13.7. The number of nitrogens with one attached hydrogen (secondary N) is 1. The minimum atomic E-state index is 0.101. The van der Waals surface area contributed by atoms with Crippen LogP contribution in [0.5, 0.6) is 5.75 Å². The quantitative estimate of drug-likeness (QED) is 0.763. The van der Waals surface area contributed by atoms with Crippen molar-refractivity contribution < 1.29 is 9.15 Å². The van der Waals surface area contributed by atoms with E-state index in [1.807, 2.05) is 50.6 Å². The highest BCUT2D eigenvalue weighted by molar-refractivity contribution is 5.81. The number of hydrogen-bond acceptors (Lipinski definition) is 3. The summed E-state index contributed by atoms with van der Waals surface area (Å²) in [6.45, 7) is 2.67. The van der Waals surface area contributed by atoms with Gasteiger partial charge in [-0.15, -0.1) is 0 Å². The zero-order valence-corrected chi connectivity index (χ0v) is 12.3. The molecule has 0 radical (unpaired) electrons. The number of ether oxygens (including phenoxy) is 1. The van der Waals surface area contributed by atoms with Crippen LogP contribution in [0.2, 0.25) is 0 Å². The number of rotatable bonds is 5. The molecule has 2 aromatic carbocycles. The Kier molecular flexibility index (Phi) is 3.93. The van der Waals surface area contributed by atoms with E-state index in [9.17, 15) is 0 Å². The number of para-hydroxylation sites is 1. The third-order valence-corrected chi connectivity index (χ3v) is 3.64. The van der Waals surface area contributed by atoms with E-state index in [2.05, 4.69) is 23.5 Å². The molecule has 108 valence electrons. The van der Waals surface area contributed by atoms with Gasteiger partial charge < -0.3 is 14.5 Å². The predicted octanol–water partition coefficient (Wildman–Crippen LogP) is 4.14. The van der Waals surface area contributed by atoms with Gasteiger partial charge in [0.25, 0.3) is 0 Å². The summed E-state index contributed by atoms with van der Waals surface area (Å²) in [5.41, 5.74) is 3.25. The lowest BCUT2D eigenvalue weighted by Gasteiger charge is -2.16. The molecule has 1 heterocycles. The second kappa shape index (κ2) is 6.02. The van der Waals surface area contributed by atoms with Gasteiger partial charge in [0.05, 0.1) is 18.9 Å². The topological polar surface area (TPSA) is 34.4 Å². The van der Waals surface area contributed by atoms with Crippen LogP contribution in [-0.4, -0.2) is 13.7 Å². The second-order valence-electron chi connectivity index (χ2n) is 4.91. The normalized spacial score (nSPS) is 12.5. The average molecular weight is 281 g/mol. The third-order valence-electron chi connectivity index (χ3n) is 3.64. The molecule has 0 spiro atoms. The Labute approximate surface area is 124 Å². The monoisotopic (exact) mass is 281 g/mol. The van der Waals surface area contributed by atoms with Crippen LogP contribution in [0, 0.1) is 0 Å². The van der Waals surface area contributed by atoms with Crippen LogP contribution >= 0.6 is 0 Å². The molecule has 21 heavy (non-hydrogen) atoms. The molecule has 0 bridgehead atoms. The molecule has 3 heteroatoms. The minimum absolute atomic E-state index is 0.101. The minimum Gasteiger partial charge on any atom is -0.494 e.